The Morgan fingerprint density at radius 3 is 3.09 bits per heavy atom. The average Bonchev–Trinajstić information content (AvgIpc) is 3.01. The lowest BCUT2D eigenvalue weighted by atomic mass is 9.76. The molecule has 1 aliphatic carbocycles. The van der Waals surface area contributed by atoms with Crippen LogP contribution in [0.1, 0.15) is 31.0 Å². The van der Waals surface area contributed by atoms with Crippen molar-refractivity contribution < 1.29 is 4.79 Å². The second kappa shape index (κ2) is 4.11. The molecule has 3 nitrogen and oxygen atoms in total. The second-order valence-electron chi connectivity index (χ2n) is 7.14. The molecule has 3 heteroatoms. The smallest absolute Gasteiger partial charge is 0.155 e. The van der Waals surface area contributed by atoms with Crippen molar-refractivity contribution in [3.63, 3.8) is 0 Å². The number of H-pyrrole nitrogens is 1. The van der Waals surface area contributed by atoms with E-state index < -0.39 is 0 Å². The summed E-state index contributed by atoms with van der Waals surface area (Å²) in [5, 5.41) is 1.36. The van der Waals surface area contributed by atoms with Crippen LogP contribution in [0.3, 0.4) is 0 Å². The van der Waals surface area contributed by atoms with E-state index in [1.54, 1.807) is 6.92 Å². The molecular weight excluding hydrogens is 272 g/mol. The van der Waals surface area contributed by atoms with Gasteiger partial charge in [0.2, 0.25) is 0 Å². The Hall–Kier alpha value is -1.87. The minimum absolute atomic E-state index is 0.0590. The fourth-order valence-electron chi connectivity index (χ4n) is 5.00. The van der Waals surface area contributed by atoms with Crippen LogP contribution in [0.15, 0.2) is 35.9 Å². The van der Waals surface area contributed by atoms with Crippen LogP contribution in [0.25, 0.3) is 10.9 Å². The molecule has 2 unspecified atom stereocenters. The highest BCUT2D eigenvalue weighted by molar-refractivity contribution is 5.94. The molecule has 2 bridgehead atoms. The van der Waals surface area contributed by atoms with Gasteiger partial charge in [0.25, 0.3) is 0 Å². The van der Waals surface area contributed by atoms with Crippen LogP contribution in [-0.2, 0) is 16.8 Å². The third-order valence-electron chi connectivity index (χ3n) is 5.89. The molecule has 1 N–H and O–H groups in total. The zero-order valence-electron chi connectivity index (χ0n) is 12.9. The number of carbonyl (C=O) groups excluding carboxylic acids is 1. The van der Waals surface area contributed by atoms with Gasteiger partial charge in [0.1, 0.15) is 0 Å². The summed E-state index contributed by atoms with van der Waals surface area (Å²) in [6, 6.07) is 8.60. The monoisotopic (exact) mass is 292 g/mol. The highest BCUT2D eigenvalue weighted by Gasteiger charge is 2.52. The summed E-state index contributed by atoms with van der Waals surface area (Å²) in [7, 11) is 0. The van der Waals surface area contributed by atoms with Crippen LogP contribution in [0.5, 0.6) is 0 Å². The molecule has 1 aromatic heterocycles. The summed E-state index contributed by atoms with van der Waals surface area (Å²) in [6.07, 6.45) is 5.51. The van der Waals surface area contributed by atoms with E-state index in [0.29, 0.717) is 5.92 Å². The van der Waals surface area contributed by atoms with Crippen LogP contribution < -0.4 is 0 Å². The Balaban J connectivity index is 1.79. The molecule has 22 heavy (non-hydrogen) atoms. The van der Waals surface area contributed by atoms with Crippen molar-refractivity contribution in [2.45, 2.75) is 31.7 Å². The predicted octanol–water partition coefficient (Wildman–Crippen LogP) is 3.16. The zero-order valence-corrected chi connectivity index (χ0v) is 12.9. The quantitative estimate of drug-likeness (QED) is 0.876. The number of rotatable bonds is 1. The van der Waals surface area contributed by atoms with E-state index in [0.717, 1.165) is 37.9 Å². The summed E-state index contributed by atoms with van der Waals surface area (Å²) in [5.74, 6) is 0.871. The van der Waals surface area contributed by atoms with Crippen molar-refractivity contribution in [2.75, 3.05) is 13.1 Å². The van der Waals surface area contributed by atoms with Crippen molar-refractivity contribution in [2.24, 2.45) is 5.92 Å². The van der Waals surface area contributed by atoms with Gasteiger partial charge in [-0.15, -0.1) is 0 Å². The van der Waals surface area contributed by atoms with Gasteiger partial charge in [-0.25, -0.2) is 0 Å². The SMILES string of the molecule is CC(=O)C1=CC23CC(C1)CN2CCc1c3[nH]c2ccccc12. The van der Waals surface area contributed by atoms with E-state index in [4.69, 9.17) is 0 Å². The van der Waals surface area contributed by atoms with Crippen molar-refractivity contribution in [1.29, 1.82) is 0 Å². The summed E-state index contributed by atoms with van der Waals surface area (Å²) >= 11 is 0. The number of hydrogen-bond acceptors (Lipinski definition) is 2. The van der Waals surface area contributed by atoms with Gasteiger partial charge in [-0.2, -0.15) is 0 Å². The fraction of sp³-hybridized carbons (Fsp3) is 0.421. The van der Waals surface area contributed by atoms with E-state index in [1.165, 1.54) is 22.2 Å². The molecule has 2 aliphatic heterocycles. The van der Waals surface area contributed by atoms with Crippen molar-refractivity contribution in [3.8, 4) is 0 Å². The van der Waals surface area contributed by atoms with Gasteiger partial charge in [0, 0.05) is 29.7 Å². The molecule has 5 rings (SSSR count). The molecule has 1 aromatic carbocycles. The first-order valence-corrected chi connectivity index (χ1v) is 8.25. The lowest BCUT2D eigenvalue weighted by Crippen LogP contribution is -2.45. The molecule has 3 heterocycles. The molecule has 2 aromatic rings. The Kier molecular flexibility index (Phi) is 2.36. The van der Waals surface area contributed by atoms with Crippen LogP contribution in [0.4, 0.5) is 0 Å². The maximum Gasteiger partial charge on any atom is 0.155 e. The van der Waals surface area contributed by atoms with E-state index in [2.05, 4.69) is 40.2 Å². The third kappa shape index (κ3) is 1.47. The molecular formula is C19H20N2O. The average molecular weight is 292 g/mol. The molecule has 1 fully saturated rings. The van der Waals surface area contributed by atoms with Crippen molar-refractivity contribution in [3.05, 3.63) is 47.2 Å². The van der Waals surface area contributed by atoms with Gasteiger partial charge >= 0.3 is 0 Å². The summed E-state index contributed by atoms with van der Waals surface area (Å²) in [5.41, 5.74) is 5.02. The molecule has 1 saturated heterocycles. The number of fused-ring (bicyclic) bond motifs is 4. The van der Waals surface area contributed by atoms with Gasteiger partial charge < -0.3 is 4.98 Å². The zero-order chi connectivity index (χ0) is 14.9. The van der Waals surface area contributed by atoms with Gasteiger partial charge in [-0.1, -0.05) is 24.3 Å². The first-order valence-electron chi connectivity index (χ1n) is 8.25. The Bertz CT molecular complexity index is 831. The molecule has 0 amide bonds. The number of allylic oxidation sites excluding steroid dienone is 1. The number of carbonyl (C=O) groups is 1. The maximum atomic E-state index is 12.0. The third-order valence-corrected chi connectivity index (χ3v) is 5.89. The van der Waals surface area contributed by atoms with Crippen molar-refractivity contribution in [1.82, 2.24) is 9.88 Å². The lowest BCUT2D eigenvalue weighted by molar-refractivity contribution is -0.114. The topological polar surface area (TPSA) is 36.1 Å². The number of aromatic amines is 1. The molecule has 112 valence electrons. The predicted molar refractivity (Wildman–Crippen MR) is 86.7 cm³/mol. The van der Waals surface area contributed by atoms with E-state index in [9.17, 15) is 4.79 Å². The van der Waals surface area contributed by atoms with Crippen LogP contribution >= 0.6 is 0 Å². The Morgan fingerprint density at radius 1 is 1.36 bits per heavy atom. The number of Topliss-reactive ketones (excluding diaryl/α,β-unsaturated/α-hetero) is 1. The summed E-state index contributed by atoms with van der Waals surface area (Å²) in [6.45, 7) is 3.95. The van der Waals surface area contributed by atoms with Crippen LogP contribution in [-0.4, -0.2) is 28.8 Å². The van der Waals surface area contributed by atoms with Gasteiger partial charge in [0.15, 0.2) is 5.78 Å². The number of benzene rings is 1. The molecule has 3 aliphatic rings. The van der Waals surface area contributed by atoms with Crippen molar-refractivity contribution >= 4 is 16.7 Å². The lowest BCUT2D eigenvalue weighted by Gasteiger charge is -2.41. The number of aromatic nitrogens is 1. The number of hydrogen-bond donors (Lipinski definition) is 1. The Labute approximate surface area is 130 Å². The van der Waals surface area contributed by atoms with E-state index in [-0.39, 0.29) is 11.3 Å². The van der Waals surface area contributed by atoms with Gasteiger partial charge in [-0.3, -0.25) is 9.69 Å². The molecule has 0 saturated carbocycles. The highest BCUT2D eigenvalue weighted by Crippen LogP contribution is 2.52. The number of para-hydroxylation sites is 1. The minimum atomic E-state index is -0.0590. The summed E-state index contributed by atoms with van der Waals surface area (Å²) in [4.78, 5) is 18.3. The van der Waals surface area contributed by atoms with Crippen LogP contribution in [0.2, 0.25) is 0 Å². The first kappa shape index (κ1) is 12.7. The molecule has 2 atom stereocenters. The van der Waals surface area contributed by atoms with E-state index in [1.807, 2.05) is 0 Å². The fourth-order valence-corrected chi connectivity index (χ4v) is 5.00. The second-order valence-corrected chi connectivity index (χ2v) is 7.14. The number of ketones is 1. The molecule has 0 radical (unpaired) electrons. The van der Waals surface area contributed by atoms with Crippen LogP contribution in [0, 0.1) is 5.92 Å². The highest BCUT2D eigenvalue weighted by atomic mass is 16.1. The maximum absolute atomic E-state index is 12.0. The normalized spacial score (nSPS) is 30.0. The van der Waals surface area contributed by atoms with E-state index >= 15 is 0 Å². The van der Waals surface area contributed by atoms with Gasteiger partial charge in [0.05, 0.1) is 5.54 Å². The minimum Gasteiger partial charge on any atom is -0.356 e. The first-order chi connectivity index (χ1) is 10.7. The Morgan fingerprint density at radius 2 is 2.23 bits per heavy atom. The summed E-state index contributed by atoms with van der Waals surface area (Å²) < 4.78 is 0. The largest absolute Gasteiger partial charge is 0.356 e. The number of nitrogens with one attached hydrogen (secondary N) is 1. The number of nitrogens with zero attached hydrogens (tertiary/aromatic N) is 1. The van der Waals surface area contributed by atoms with Gasteiger partial charge in [-0.05, 0) is 49.3 Å². The molecule has 1 spiro atoms. The standard InChI is InChI=1S/C19H20N2O/c1-12(22)14-8-13-9-19(10-14)18-16(6-7-21(19)11-13)15-4-2-3-5-17(15)20-18/h2-5,10,13,20H,6-9,11H2,1H3.